The highest BCUT2D eigenvalue weighted by atomic mass is 35.5. The number of rotatable bonds is 1. The fraction of sp³-hybridized carbons (Fsp3) is 0.400. The van der Waals surface area contributed by atoms with E-state index in [0.717, 1.165) is 18.4 Å². The van der Waals surface area contributed by atoms with E-state index in [1.165, 1.54) is 12.1 Å². The Morgan fingerprint density at radius 3 is 3.00 bits per heavy atom. The van der Waals surface area contributed by atoms with Gasteiger partial charge in [0.2, 0.25) is 0 Å². The fourth-order valence-corrected chi connectivity index (χ4v) is 1.54. The van der Waals surface area contributed by atoms with E-state index in [9.17, 15) is 4.39 Å². The van der Waals surface area contributed by atoms with Gasteiger partial charge in [0.15, 0.2) is 0 Å². The van der Waals surface area contributed by atoms with Crippen LogP contribution in [0.2, 0.25) is 0 Å². The molecule has 0 radical (unpaired) electrons. The first-order valence-corrected chi connectivity index (χ1v) is 4.35. The predicted octanol–water partition coefficient (Wildman–Crippen LogP) is 1.93. The van der Waals surface area contributed by atoms with Crippen LogP contribution in [0.15, 0.2) is 18.2 Å². The first-order chi connectivity index (χ1) is 6.29. The van der Waals surface area contributed by atoms with Gasteiger partial charge in [-0.15, -0.1) is 12.4 Å². The van der Waals surface area contributed by atoms with Crippen molar-refractivity contribution >= 4 is 12.4 Å². The highest BCUT2D eigenvalue weighted by Gasteiger charge is 2.18. The Labute approximate surface area is 88.1 Å². The maximum absolute atomic E-state index is 12.8. The largest absolute Gasteiger partial charge is 0.488 e. The standard InChI is InChI=1S/C10H11FO2.ClH/c11-8-2-4-10-7(5-8)1-3-9(6-12)13-10;/h2,4-5,9,12H,1,3,6H2;1H/t9-;/m1./s1. The first-order valence-electron chi connectivity index (χ1n) is 4.35. The van der Waals surface area contributed by atoms with Crippen molar-refractivity contribution in [3.63, 3.8) is 0 Å². The second-order valence-electron chi connectivity index (χ2n) is 3.21. The Morgan fingerprint density at radius 2 is 2.29 bits per heavy atom. The summed E-state index contributed by atoms with van der Waals surface area (Å²) in [6.45, 7) is 0.0246. The second-order valence-corrected chi connectivity index (χ2v) is 3.21. The van der Waals surface area contributed by atoms with E-state index in [1.807, 2.05) is 0 Å². The van der Waals surface area contributed by atoms with E-state index in [0.29, 0.717) is 5.75 Å². The Kier molecular flexibility index (Phi) is 3.72. The first kappa shape index (κ1) is 11.3. The molecule has 2 nitrogen and oxygen atoms in total. The van der Waals surface area contributed by atoms with Crippen LogP contribution in [0.4, 0.5) is 4.39 Å². The molecule has 1 N–H and O–H groups in total. The number of benzene rings is 1. The van der Waals surface area contributed by atoms with Gasteiger partial charge in [-0.1, -0.05) is 0 Å². The average Bonchev–Trinajstić information content (AvgIpc) is 2.17. The van der Waals surface area contributed by atoms with Crippen molar-refractivity contribution in [2.45, 2.75) is 18.9 Å². The molecule has 2 rings (SSSR count). The number of aliphatic hydroxyl groups excluding tert-OH is 1. The lowest BCUT2D eigenvalue weighted by atomic mass is 10.0. The van der Waals surface area contributed by atoms with Gasteiger partial charge < -0.3 is 9.84 Å². The molecule has 0 saturated heterocycles. The van der Waals surface area contributed by atoms with Gasteiger partial charge in [0.1, 0.15) is 17.7 Å². The van der Waals surface area contributed by atoms with E-state index in [-0.39, 0.29) is 30.9 Å². The summed E-state index contributed by atoms with van der Waals surface area (Å²) in [6.07, 6.45) is 1.41. The molecule has 0 aliphatic carbocycles. The van der Waals surface area contributed by atoms with Crippen molar-refractivity contribution in [2.24, 2.45) is 0 Å². The van der Waals surface area contributed by atoms with Crippen molar-refractivity contribution in [3.05, 3.63) is 29.6 Å². The van der Waals surface area contributed by atoms with Gasteiger partial charge in [-0.3, -0.25) is 0 Å². The molecule has 0 aromatic heterocycles. The number of hydrogen-bond donors (Lipinski definition) is 1. The Balaban J connectivity index is 0.000000980. The molecule has 1 atom stereocenters. The summed E-state index contributed by atoms with van der Waals surface area (Å²) in [5.74, 6) is 0.469. The molecule has 0 spiro atoms. The summed E-state index contributed by atoms with van der Waals surface area (Å²) in [6, 6.07) is 4.48. The summed E-state index contributed by atoms with van der Waals surface area (Å²) in [5.41, 5.74) is 0.893. The van der Waals surface area contributed by atoms with E-state index in [1.54, 1.807) is 6.07 Å². The minimum absolute atomic E-state index is 0. The van der Waals surface area contributed by atoms with Crippen LogP contribution < -0.4 is 4.74 Å². The summed E-state index contributed by atoms with van der Waals surface area (Å²) in [7, 11) is 0. The molecule has 4 heteroatoms. The minimum Gasteiger partial charge on any atom is -0.488 e. The molecule has 1 aliphatic rings. The lowest BCUT2D eigenvalue weighted by Crippen LogP contribution is -2.26. The van der Waals surface area contributed by atoms with Gasteiger partial charge in [0, 0.05) is 0 Å². The SMILES string of the molecule is Cl.OC[C@H]1CCc2cc(F)ccc2O1. The maximum atomic E-state index is 12.8. The number of hydrogen-bond acceptors (Lipinski definition) is 2. The third-order valence-corrected chi connectivity index (χ3v) is 2.26. The highest BCUT2D eigenvalue weighted by molar-refractivity contribution is 5.85. The van der Waals surface area contributed by atoms with Crippen molar-refractivity contribution in [2.75, 3.05) is 6.61 Å². The van der Waals surface area contributed by atoms with E-state index in [4.69, 9.17) is 9.84 Å². The molecule has 0 amide bonds. The predicted molar refractivity (Wildman–Crippen MR) is 53.5 cm³/mol. The molecular formula is C10H12ClFO2. The van der Waals surface area contributed by atoms with Crippen LogP contribution in [0, 0.1) is 5.82 Å². The number of aliphatic hydroxyl groups is 1. The summed E-state index contributed by atoms with van der Waals surface area (Å²) < 4.78 is 18.2. The van der Waals surface area contributed by atoms with E-state index >= 15 is 0 Å². The zero-order valence-corrected chi connectivity index (χ0v) is 8.39. The molecule has 1 aliphatic heterocycles. The second kappa shape index (κ2) is 4.62. The summed E-state index contributed by atoms with van der Waals surface area (Å²) in [4.78, 5) is 0. The Morgan fingerprint density at radius 1 is 1.50 bits per heavy atom. The van der Waals surface area contributed by atoms with Gasteiger partial charge in [-0.25, -0.2) is 4.39 Å². The normalized spacial score (nSPS) is 19.1. The summed E-state index contributed by atoms with van der Waals surface area (Å²) in [5, 5.41) is 8.87. The van der Waals surface area contributed by atoms with Crippen LogP contribution in [0.25, 0.3) is 0 Å². The average molecular weight is 219 g/mol. The number of ether oxygens (including phenoxy) is 1. The quantitative estimate of drug-likeness (QED) is 0.781. The third kappa shape index (κ3) is 2.16. The molecule has 1 aromatic carbocycles. The van der Waals surface area contributed by atoms with Gasteiger partial charge >= 0.3 is 0 Å². The zero-order valence-electron chi connectivity index (χ0n) is 7.57. The van der Waals surface area contributed by atoms with Crippen LogP contribution >= 0.6 is 12.4 Å². The molecule has 14 heavy (non-hydrogen) atoms. The monoisotopic (exact) mass is 218 g/mol. The van der Waals surface area contributed by atoms with Gasteiger partial charge in [0.05, 0.1) is 6.61 Å². The molecule has 1 aromatic rings. The van der Waals surface area contributed by atoms with Crippen LogP contribution in [-0.4, -0.2) is 17.8 Å². The number of fused-ring (bicyclic) bond motifs is 1. The molecule has 0 saturated carbocycles. The molecule has 0 unspecified atom stereocenters. The van der Waals surface area contributed by atoms with Crippen molar-refractivity contribution in [1.82, 2.24) is 0 Å². The van der Waals surface area contributed by atoms with Crippen LogP contribution in [-0.2, 0) is 6.42 Å². The highest BCUT2D eigenvalue weighted by Crippen LogP contribution is 2.27. The van der Waals surface area contributed by atoms with E-state index < -0.39 is 0 Å². The lowest BCUT2D eigenvalue weighted by Gasteiger charge is -2.24. The molecule has 0 bridgehead atoms. The molecule has 1 heterocycles. The number of halogens is 2. The van der Waals surface area contributed by atoms with Crippen molar-refractivity contribution < 1.29 is 14.2 Å². The zero-order chi connectivity index (χ0) is 9.26. The fourth-order valence-electron chi connectivity index (χ4n) is 1.54. The van der Waals surface area contributed by atoms with Crippen LogP contribution in [0.3, 0.4) is 0 Å². The van der Waals surface area contributed by atoms with Gasteiger partial charge in [-0.2, -0.15) is 0 Å². The van der Waals surface area contributed by atoms with Gasteiger partial charge in [-0.05, 0) is 36.6 Å². The van der Waals surface area contributed by atoms with Crippen LogP contribution in [0.5, 0.6) is 5.75 Å². The smallest absolute Gasteiger partial charge is 0.123 e. The van der Waals surface area contributed by atoms with Crippen molar-refractivity contribution in [1.29, 1.82) is 0 Å². The summed E-state index contributed by atoms with van der Waals surface area (Å²) >= 11 is 0. The van der Waals surface area contributed by atoms with Crippen LogP contribution in [0.1, 0.15) is 12.0 Å². The molecular weight excluding hydrogens is 207 g/mol. The number of aryl methyl sites for hydroxylation is 1. The maximum Gasteiger partial charge on any atom is 0.123 e. The topological polar surface area (TPSA) is 29.5 Å². The third-order valence-electron chi connectivity index (χ3n) is 2.26. The molecule has 78 valence electrons. The van der Waals surface area contributed by atoms with E-state index in [2.05, 4.69) is 0 Å². The molecule has 0 fully saturated rings. The lowest BCUT2D eigenvalue weighted by molar-refractivity contribution is 0.0976. The Bertz CT molecular complexity index is 317. The van der Waals surface area contributed by atoms with Crippen molar-refractivity contribution in [3.8, 4) is 5.75 Å². The van der Waals surface area contributed by atoms with Gasteiger partial charge in [0.25, 0.3) is 0 Å². The minimum atomic E-state index is -0.232. The Hall–Kier alpha value is -0.800.